The van der Waals surface area contributed by atoms with Gasteiger partial charge in [-0.05, 0) is 31.2 Å². The lowest BCUT2D eigenvalue weighted by molar-refractivity contribution is -0.124. The lowest BCUT2D eigenvalue weighted by Crippen LogP contribution is -2.24. The molecule has 1 amide bonds. The third-order valence-corrected chi connectivity index (χ3v) is 3.17. The van der Waals surface area contributed by atoms with Gasteiger partial charge in [0.2, 0.25) is 5.91 Å². The monoisotopic (exact) mass is 285 g/mol. The summed E-state index contributed by atoms with van der Waals surface area (Å²) in [4.78, 5) is 24.7. The SMILES string of the molecule is CCN(C)C(=O)/C=C/C(=O)c1ccc(Cl)c(Cl)c1. The van der Waals surface area contributed by atoms with Gasteiger partial charge in [0, 0.05) is 25.2 Å². The van der Waals surface area contributed by atoms with E-state index in [1.165, 1.54) is 23.1 Å². The molecule has 0 unspecified atom stereocenters. The molecule has 3 nitrogen and oxygen atoms in total. The Kier molecular flexibility index (Phi) is 5.38. The van der Waals surface area contributed by atoms with Gasteiger partial charge in [-0.2, -0.15) is 0 Å². The van der Waals surface area contributed by atoms with E-state index in [-0.39, 0.29) is 11.7 Å². The van der Waals surface area contributed by atoms with E-state index in [2.05, 4.69) is 0 Å². The van der Waals surface area contributed by atoms with E-state index in [4.69, 9.17) is 23.2 Å². The Labute approximate surface area is 116 Å². The molecule has 0 N–H and O–H groups in total. The highest BCUT2D eigenvalue weighted by Crippen LogP contribution is 2.22. The number of ketones is 1. The highest BCUT2D eigenvalue weighted by atomic mass is 35.5. The van der Waals surface area contributed by atoms with Gasteiger partial charge in [-0.3, -0.25) is 9.59 Å². The Balaban J connectivity index is 2.79. The molecule has 0 atom stereocenters. The van der Waals surface area contributed by atoms with Crippen molar-refractivity contribution in [2.24, 2.45) is 0 Å². The number of amides is 1. The molecular formula is C13H13Cl2NO2. The number of hydrogen-bond acceptors (Lipinski definition) is 2. The van der Waals surface area contributed by atoms with Crippen LogP contribution in [0.2, 0.25) is 10.0 Å². The Morgan fingerprint density at radius 3 is 2.44 bits per heavy atom. The number of halogens is 2. The van der Waals surface area contributed by atoms with Crippen LogP contribution in [0.25, 0.3) is 0 Å². The fraction of sp³-hybridized carbons (Fsp3) is 0.231. The van der Waals surface area contributed by atoms with Crippen LogP contribution in [0.5, 0.6) is 0 Å². The number of carbonyl (C=O) groups excluding carboxylic acids is 2. The number of benzene rings is 1. The van der Waals surface area contributed by atoms with Crippen LogP contribution in [0, 0.1) is 0 Å². The summed E-state index contributed by atoms with van der Waals surface area (Å²) in [5.41, 5.74) is 0.396. The zero-order valence-electron chi connectivity index (χ0n) is 10.1. The molecule has 0 bridgehead atoms. The minimum absolute atomic E-state index is 0.217. The normalized spacial score (nSPS) is 10.7. The second-order valence-electron chi connectivity index (χ2n) is 3.68. The maximum atomic E-state index is 11.8. The average Bonchev–Trinajstić information content (AvgIpc) is 2.37. The summed E-state index contributed by atoms with van der Waals surface area (Å²) in [5.74, 6) is -0.502. The molecule has 0 saturated heterocycles. The van der Waals surface area contributed by atoms with Gasteiger partial charge in [0.05, 0.1) is 10.0 Å². The summed E-state index contributed by atoms with van der Waals surface area (Å²) in [5, 5.41) is 0.701. The summed E-state index contributed by atoms with van der Waals surface area (Å²) >= 11 is 11.6. The highest BCUT2D eigenvalue weighted by Gasteiger charge is 2.07. The molecule has 1 rings (SSSR count). The van der Waals surface area contributed by atoms with Crippen LogP contribution in [0.3, 0.4) is 0 Å². The number of likely N-dealkylation sites (N-methyl/N-ethyl adjacent to an activating group) is 1. The minimum Gasteiger partial charge on any atom is -0.343 e. The molecule has 0 heterocycles. The van der Waals surface area contributed by atoms with Crippen molar-refractivity contribution in [3.63, 3.8) is 0 Å². The van der Waals surface area contributed by atoms with Crippen molar-refractivity contribution in [1.82, 2.24) is 4.90 Å². The number of hydrogen-bond donors (Lipinski definition) is 0. The van der Waals surface area contributed by atoms with Crippen molar-refractivity contribution >= 4 is 34.9 Å². The third kappa shape index (κ3) is 3.86. The largest absolute Gasteiger partial charge is 0.343 e. The lowest BCUT2D eigenvalue weighted by atomic mass is 10.1. The molecule has 0 saturated carbocycles. The first-order valence-electron chi connectivity index (χ1n) is 5.38. The molecule has 0 aliphatic heterocycles. The molecule has 0 radical (unpaired) electrons. The van der Waals surface area contributed by atoms with Gasteiger partial charge in [0.15, 0.2) is 5.78 Å². The van der Waals surface area contributed by atoms with Crippen molar-refractivity contribution in [1.29, 1.82) is 0 Å². The fourth-order valence-electron chi connectivity index (χ4n) is 1.18. The summed E-state index contributed by atoms with van der Waals surface area (Å²) in [6.45, 7) is 2.44. The molecule has 0 aliphatic rings. The van der Waals surface area contributed by atoms with Crippen molar-refractivity contribution in [2.75, 3.05) is 13.6 Å². The van der Waals surface area contributed by atoms with E-state index >= 15 is 0 Å². The first-order valence-corrected chi connectivity index (χ1v) is 6.14. The van der Waals surface area contributed by atoms with Gasteiger partial charge in [0.25, 0.3) is 0 Å². The van der Waals surface area contributed by atoms with E-state index in [1.54, 1.807) is 19.2 Å². The standard InChI is InChI=1S/C13H13Cl2NO2/c1-3-16(2)13(18)7-6-12(17)9-4-5-10(14)11(15)8-9/h4-8H,3H2,1-2H3/b7-6+. The minimum atomic E-state index is -0.286. The molecule has 1 aromatic rings. The maximum absolute atomic E-state index is 11.8. The van der Waals surface area contributed by atoms with Crippen LogP contribution in [-0.2, 0) is 4.79 Å². The Morgan fingerprint density at radius 2 is 1.89 bits per heavy atom. The Bertz CT molecular complexity index is 498. The molecule has 0 aromatic heterocycles. The molecule has 0 spiro atoms. The molecule has 5 heteroatoms. The predicted molar refractivity (Wildman–Crippen MR) is 73.2 cm³/mol. The molecule has 0 aliphatic carbocycles. The van der Waals surface area contributed by atoms with Gasteiger partial charge >= 0.3 is 0 Å². The smallest absolute Gasteiger partial charge is 0.246 e. The predicted octanol–water partition coefficient (Wildman–Crippen LogP) is 3.21. The van der Waals surface area contributed by atoms with E-state index < -0.39 is 0 Å². The molecule has 1 aromatic carbocycles. The Hall–Kier alpha value is -1.32. The number of allylic oxidation sites excluding steroid dienone is 1. The first-order chi connectivity index (χ1) is 8.45. The van der Waals surface area contributed by atoms with Crippen LogP contribution in [0.4, 0.5) is 0 Å². The number of rotatable bonds is 4. The summed E-state index contributed by atoms with van der Waals surface area (Å²) < 4.78 is 0. The van der Waals surface area contributed by atoms with Gasteiger partial charge in [-0.25, -0.2) is 0 Å². The van der Waals surface area contributed by atoms with Gasteiger partial charge in [-0.1, -0.05) is 23.2 Å². The highest BCUT2D eigenvalue weighted by molar-refractivity contribution is 6.42. The van der Waals surface area contributed by atoms with Crippen LogP contribution >= 0.6 is 23.2 Å². The molecule has 0 fully saturated rings. The first kappa shape index (κ1) is 14.7. The van der Waals surface area contributed by atoms with Crippen LogP contribution in [0.1, 0.15) is 17.3 Å². The van der Waals surface area contributed by atoms with Crippen LogP contribution < -0.4 is 0 Å². The van der Waals surface area contributed by atoms with Crippen LogP contribution in [0.15, 0.2) is 30.4 Å². The summed E-state index contributed by atoms with van der Waals surface area (Å²) in [6, 6.07) is 4.59. The number of carbonyl (C=O) groups is 2. The fourth-order valence-corrected chi connectivity index (χ4v) is 1.47. The van der Waals surface area contributed by atoms with Crippen molar-refractivity contribution in [3.05, 3.63) is 46.0 Å². The second-order valence-corrected chi connectivity index (χ2v) is 4.49. The van der Waals surface area contributed by atoms with Gasteiger partial charge < -0.3 is 4.90 Å². The zero-order chi connectivity index (χ0) is 13.7. The summed E-state index contributed by atoms with van der Waals surface area (Å²) in [6.07, 6.45) is 2.47. The van der Waals surface area contributed by atoms with E-state index in [0.29, 0.717) is 22.2 Å². The van der Waals surface area contributed by atoms with E-state index in [0.717, 1.165) is 0 Å². The van der Waals surface area contributed by atoms with E-state index in [1.807, 2.05) is 6.92 Å². The van der Waals surface area contributed by atoms with Crippen molar-refractivity contribution in [3.8, 4) is 0 Å². The quantitative estimate of drug-likeness (QED) is 0.629. The van der Waals surface area contributed by atoms with E-state index in [9.17, 15) is 9.59 Å². The van der Waals surface area contributed by atoms with Gasteiger partial charge in [-0.15, -0.1) is 0 Å². The van der Waals surface area contributed by atoms with Crippen molar-refractivity contribution < 1.29 is 9.59 Å². The number of nitrogens with zero attached hydrogens (tertiary/aromatic N) is 1. The molecule has 18 heavy (non-hydrogen) atoms. The van der Waals surface area contributed by atoms with Gasteiger partial charge in [0.1, 0.15) is 0 Å². The average molecular weight is 286 g/mol. The Morgan fingerprint density at radius 1 is 1.22 bits per heavy atom. The van der Waals surface area contributed by atoms with Crippen molar-refractivity contribution in [2.45, 2.75) is 6.92 Å². The lowest BCUT2D eigenvalue weighted by Gasteiger charge is -2.10. The second kappa shape index (κ2) is 6.57. The molecular weight excluding hydrogens is 273 g/mol. The third-order valence-electron chi connectivity index (χ3n) is 2.43. The summed E-state index contributed by atoms with van der Waals surface area (Å²) in [7, 11) is 1.66. The van der Waals surface area contributed by atoms with Crippen LogP contribution in [-0.4, -0.2) is 30.2 Å². The maximum Gasteiger partial charge on any atom is 0.246 e. The zero-order valence-corrected chi connectivity index (χ0v) is 11.6. The topological polar surface area (TPSA) is 37.4 Å². The molecule has 96 valence electrons.